The molecule has 0 aliphatic carbocycles. The quantitative estimate of drug-likeness (QED) is 0.367. The molecule has 0 amide bonds. The molecule has 0 radical (unpaired) electrons. The maximum atomic E-state index is 11.8. The van der Waals surface area contributed by atoms with Crippen molar-refractivity contribution in [3.63, 3.8) is 0 Å². The summed E-state index contributed by atoms with van der Waals surface area (Å²) in [6.45, 7) is -0.532. The molecule has 5 nitrogen and oxygen atoms in total. The second kappa shape index (κ2) is 5.37. The fourth-order valence-corrected chi connectivity index (χ4v) is 0.977. The molecule has 0 bridgehead atoms. The summed E-state index contributed by atoms with van der Waals surface area (Å²) in [7, 11) is 0. The Hall–Kier alpha value is -1.99. The lowest BCUT2D eigenvalue weighted by molar-refractivity contribution is -0.139. The number of hydrogen-bond acceptors (Lipinski definition) is 4. The first-order valence-electron chi connectivity index (χ1n) is 4.56. The van der Waals surface area contributed by atoms with Crippen molar-refractivity contribution in [2.24, 2.45) is 10.9 Å². The molecule has 0 aromatic carbocycles. The summed E-state index contributed by atoms with van der Waals surface area (Å²) in [6, 6.07) is 2.72. The van der Waals surface area contributed by atoms with Gasteiger partial charge in [0.1, 0.15) is 0 Å². The third kappa shape index (κ3) is 4.58. The maximum Gasteiger partial charge on any atom is 0.392 e. The second-order valence-corrected chi connectivity index (χ2v) is 3.08. The average Bonchev–Trinajstić information content (AvgIpc) is 2.27. The summed E-state index contributed by atoms with van der Waals surface area (Å²) in [5, 5.41) is 11.2. The van der Waals surface area contributed by atoms with Gasteiger partial charge in [-0.1, -0.05) is 5.16 Å². The molecular formula is C9H10F3N3O2. The molecule has 0 aliphatic heterocycles. The number of oxime groups is 1. The van der Waals surface area contributed by atoms with Crippen molar-refractivity contribution >= 4 is 5.84 Å². The summed E-state index contributed by atoms with van der Waals surface area (Å²) in [5.41, 5.74) is 5.61. The zero-order valence-electron chi connectivity index (χ0n) is 8.61. The van der Waals surface area contributed by atoms with E-state index in [1.807, 2.05) is 0 Å². The van der Waals surface area contributed by atoms with Crippen LogP contribution < -0.4 is 10.5 Å². The van der Waals surface area contributed by atoms with E-state index in [1.54, 1.807) is 0 Å². The minimum atomic E-state index is -4.27. The normalized spacial score (nSPS) is 12.5. The molecule has 1 aromatic heterocycles. The lowest BCUT2D eigenvalue weighted by atomic mass is 10.2. The highest BCUT2D eigenvalue weighted by molar-refractivity contribution is 5.97. The Labute approximate surface area is 94.7 Å². The molecule has 17 heavy (non-hydrogen) atoms. The van der Waals surface area contributed by atoms with Crippen molar-refractivity contribution in [2.45, 2.75) is 12.6 Å². The highest BCUT2D eigenvalue weighted by Crippen LogP contribution is 2.19. The van der Waals surface area contributed by atoms with E-state index in [9.17, 15) is 13.2 Å². The molecule has 0 fully saturated rings. The SMILES string of the molecule is N/C(=N/O)c1ccnc(OCCC(F)(F)F)c1. The Morgan fingerprint density at radius 1 is 1.53 bits per heavy atom. The van der Waals surface area contributed by atoms with Crippen LogP contribution >= 0.6 is 0 Å². The van der Waals surface area contributed by atoms with E-state index in [4.69, 9.17) is 15.7 Å². The average molecular weight is 249 g/mol. The van der Waals surface area contributed by atoms with Crippen molar-refractivity contribution in [3.8, 4) is 5.88 Å². The van der Waals surface area contributed by atoms with Gasteiger partial charge in [0.2, 0.25) is 5.88 Å². The molecule has 0 spiro atoms. The Morgan fingerprint density at radius 2 is 2.24 bits per heavy atom. The summed E-state index contributed by atoms with van der Waals surface area (Å²) in [6.07, 6.45) is -4.05. The Kier molecular flexibility index (Phi) is 4.13. The van der Waals surface area contributed by atoms with Crippen molar-refractivity contribution in [1.82, 2.24) is 4.98 Å². The van der Waals surface area contributed by atoms with Gasteiger partial charge in [0, 0.05) is 17.8 Å². The van der Waals surface area contributed by atoms with Crippen LogP contribution in [0.15, 0.2) is 23.5 Å². The predicted octanol–water partition coefficient (Wildman–Crippen LogP) is 1.51. The minimum absolute atomic E-state index is 0.0154. The lowest BCUT2D eigenvalue weighted by Gasteiger charge is -2.08. The summed E-state index contributed by atoms with van der Waals surface area (Å²) in [5.74, 6) is -0.188. The Bertz CT molecular complexity index is 407. The monoisotopic (exact) mass is 249 g/mol. The number of nitrogens with two attached hydrogens (primary N) is 1. The van der Waals surface area contributed by atoms with Gasteiger partial charge in [0.25, 0.3) is 0 Å². The number of aromatic nitrogens is 1. The van der Waals surface area contributed by atoms with E-state index in [0.717, 1.165) is 0 Å². The van der Waals surface area contributed by atoms with Gasteiger partial charge in [-0.3, -0.25) is 0 Å². The maximum absolute atomic E-state index is 11.8. The highest BCUT2D eigenvalue weighted by atomic mass is 19.4. The Balaban J connectivity index is 2.61. The minimum Gasteiger partial charge on any atom is -0.477 e. The Morgan fingerprint density at radius 3 is 2.82 bits per heavy atom. The molecule has 0 aliphatic rings. The molecule has 0 saturated carbocycles. The van der Waals surface area contributed by atoms with Gasteiger partial charge in [0.15, 0.2) is 5.84 Å². The van der Waals surface area contributed by atoms with Crippen molar-refractivity contribution in [2.75, 3.05) is 6.61 Å². The van der Waals surface area contributed by atoms with Crippen LogP contribution in [-0.2, 0) is 0 Å². The fraction of sp³-hybridized carbons (Fsp3) is 0.333. The van der Waals surface area contributed by atoms with E-state index < -0.39 is 19.2 Å². The first-order chi connectivity index (χ1) is 7.92. The van der Waals surface area contributed by atoms with Crippen molar-refractivity contribution in [1.29, 1.82) is 0 Å². The zero-order chi connectivity index (χ0) is 12.9. The van der Waals surface area contributed by atoms with Gasteiger partial charge in [-0.2, -0.15) is 13.2 Å². The van der Waals surface area contributed by atoms with Crippen LogP contribution in [0.25, 0.3) is 0 Å². The third-order valence-electron chi connectivity index (χ3n) is 1.77. The third-order valence-corrected chi connectivity index (χ3v) is 1.77. The van der Waals surface area contributed by atoms with E-state index in [-0.39, 0.29) is 11.7 Å². The van der Waals surface area contributed by atoms with Gasteiger partial charge >= 0.3 is 6.18 Å². The van der Waals surface area contributed by atoms with Gasteiger partial charge in [-0.25, -0.2) is 4.98 Å². The van der Waals surface area contributed by atoms with E-state index in [1.165, 1.54) is 18.3 Å². The zero-order valence-corrected chi connectivity index (χ0v) is 8.61. The molecule has 3 N–H and O–H groups in total. The number of pyridine rings is 1. The van der Waals surface area contributed by atoms with Crippen LogP contribution in [0, 0.1) is 0 Å². The molecule has 1 heterocycles. The van der Waals surface area contributed by atoms with E-state index in [2.05, 4.69) is 10.1 Å². The number of rotatable bonds is 4. The largest absolute Gasteiger partial charge is 0.477 e. The lowest BCUT2D eigenvalue weighted by Crippen LogP contribution is -2.15. The van der Waals surface area contributed by atoms with E-state index >= 15 is 0 Å². The first-order valence-corrected chi connectivity index (χ1v) is 4.56. The molecule has 1 rings (SSSR count). The molecule has 8 heteroatoms. The van der Waals surface area contributed by atoms with Gasteiger partial charge in [-0.05, 0) is 6.07 Å². The number of halogens is 3. The fourth-order valence-electron chi connectivity index (χ4n) is 0.977. The number of amidine groups is 1. The molecule has 0 atom stereocenters. The van der Waals surface area contributed by atoms with Crippen LogP contribution in [0.5, 0.6) is 5.88 Å². The predicted molar refractivity (Wildman–Crippen MR) is 52.9 cm³/mol. The molecule has 94 valence electrons. The highest BCUT2D eigenvalue weighted by Gasteiger charge is 2.26. The van der Waals surface area contributed by atoms with Crippen LogP contribution in [0.4, 0.5) is 13.2 Å². The van der Waals surface area contributed by atoms with Crippen LogP contribution in [0.3, 0.4) is 0 Å². The van der Waals surface area contributed by atoms with Crippen LogP contribution in [0.1, 0.15) is 12.0 Å². The van der Waals surface area contributed by atoms with Gasteiger partial charge < -0.3 is 15.7 Å². The molecule has 0 unspecified atom stereocenters. The summed E-state index contributed by atoms with van der Waals surface area (Å²) >= 11 is 0. The molecule has 0 saturated heterocycles. The van der Waals surface area contributed by atoms with Crippen LogP contribution in [-0.4, -0.2) is 28.8 Å². The van der Waals surface area contributed by atoms with Crippen molar-refractivity contribution < 1.29 is 23.1 Å². The topological polar surface area (TPSA) is 80.7 Å². The number of nitrogens with zero attached hydrogens (tertiary/aromatic N) is 2. The number of alkyl halides is 3. The van der Waals surface area contributed by atoms with Gasteiger partial charge in [-0.15, -0.1) is 0 Å². The molecule has 1 aromatic rings. The summed E-state index contributed by atoms with van der Waals surface area (Å²) < 4.78 is 40.3. The van der Waals surface area contributed by atoms with E-state index in [0.29, 0.717) is 5.56 Å². The summed E-state index contributed by atoms with van der Waals surface area (Å²) in [4.78, 5) is 3.69. The molecular weight excluding hydrogens is 239 g/mol. The number of ether oxygens (including phenoxy) is 1. The standard InChI is InChI=1S/C9H10F3N3O2/c10-9(11,12)2-4-17-7-5-6(1-3-14-7)8(13)15-16/h1,3,5,16H,2,4H2,(H2,13,15). The van der Waals surface area contributed by atoms with Gasteiger partial charge in [0.05, 0.1) is 13.0 Å². The second-order valence-electron chi connectivity index (χ2n) is 3.08. The van der Waals surface area contributed by atoms with Crippen LogP contribution in [0.2, 0.25) is 0 Å². The van der Waals surface area contributed by atoms with Crippen molar-refractivity contribution in [3.05, 3.63) is 23.9 Å². The number of hydrogen-bond donors (Lipinski definition) is 2. The first kappa shape index (κ1) is 13.1. The smallest absolute Gasteiger partial charge is 0.392 e.